The molecule has 0 aliphatic heterocycles. The van der Waals surface area contributed by atoms with Crippen molar-refractivity contribution in [2.24, 2.45) is 0 Å². The molecule has 1 aliphatic rings. The summed E-state index contributed by atoms with van der Waals surface area (Å²) in [4.78, 5) is 29.4. The summed E-state index contributed by atoms with van der Waals surface area (Å²) in [6.07, 6.45) is 8.06. The maximum absolute atomic E-state index is 14.0. The molecule has 0 spiro atoms. The van der Waals surface area contributed by atoms with Crippen molar-refractivity contribution in [2.45, 2.75) is 51.1 Å². The van der Waals surface area contributed by atoms with Gasteiger partial charge in [0.05, 0.1) is 13.4 Å². The molecular weight excluding hydrogens is 484 g/mol. The Morgan fingerprint density at radius 1 is 1.11 bits per heavy atom. The molecule has 0 radical (unpaired) electrons. The molecule has 1 aliphatic carbocycles. The highest BCUT2D eigenvalue weighted by molar-refractivity contribution is 6.08. The third-order valence-corrected chi connectivity index (χ3v) is 6.84. The third-order valence-electron chi connectivity index (χ3n) is 6.84. The Balaban J connectivity index is 1.62. The van der Waals surface area contributed by atoms with Crippen LogP contribution in [0.25, 0.3) is 5.69 Å². The Morgan fingerprint density at radius 2 is 1.89 bits per heavy atom. The van der Waals surface area contributed by atoms with Crippen LogP contribution in [0.5, 0.6) is 5.75 Å². The van der Waals surface area contributed by atoms with Crippen molar-refractivity contribution < 1.29 is 18.7 Å². The molecule has 196 valence electrons. The summed E-state index contributed by atoms with van der Waals surface area (Å²) >= 11 is 0. The molecule has 0 bridgehead atoms. The quantitative estimate of drug-likeness (QED) is 0.370. The van der Waals surface area contributed by atoms with Gasteiger partial charge in [-0.05, 0) is 60.0 Å². The Kier molecular flexibility index (Phi) is 7.48. The SMILES string of the molecule is COc1cc(N(C(=O)c2ccco2)C(C(=O)NC2CCCCC2)c2ccc(C)cc2)ccc1-n1cnnn1. The molecule has 2 heterocycles. The van der Waals surface area contributed by atoms with Crippen LogP contribution >= 0.6 is 0 Å². The highest BCUT2D eigenvalue weighted by atomic mass is 16.5. The summed E-state index contributed by atoms with van der Waals surface area (Å²) in [7, 11) is 1.53. The lowest BCUT2D eigenvalue weighted by atomic mass is 9.94. The Morgan fingerprint density at radius 3 is 2.55 bits per heavy atom. The van der Waals surface area contributed by atoms with Crippen LogP contribution in [0.3, 0.4) is 0 Å². The van der Waals surface area contributed by atoms with E-state index in [2.05, 4.69) is 20.8 Å². The lowest BCUT2D eigenvalue weighted by molar-refractivity contribution is -0.123. The van der Waals surface area contributed by atoms with E-state index in [4.69, 9.17) is 9.15 Å². The molecule has 0 saturated heterocycles. The number of hydrogen-bond donors (Lipinski definition) is 1. The number of carbonyl (C=O) groups excluding carboxylic acids is 2. The maximum atomic E-state index is 14.0. The van der Waals surface area contributed by atoms with Crippen LogP contribution in [-0.4, -0.2) is 45.2 Å². The normalized spacial score (nSPS) is 14.6. The fourth-order valence-corrected chi connectivity index (χ4v) is 4.87. The molecule has 1 unspecified atom stereocenters. The molecule has 10 heteroatoms. The minimum absolute atomic E-state index is 0.0708. The molecule has 2 aromatic carbocycles. The Hall–Kier alpha value is -4.47. The second kappa shape index (κ2) is 11.3. The molecule has 5 rings (SSSR count). The molecule has 1 N–H and O–H groups in total. The summed E-state index contributed by atoms with van der Waals surface area (Å²) in [6.45, 7) is 1.98. The van der Waals surface area contributed by atoms with Gasteiger partial charge in [0.25, 0.3) is 5.91 Å². The van der Waals surface area contributed by atoms with Gasteiger partial charge in [-0.15, -0.1) is 5.10 Å². The lowest BCUT2D eigenvalue weighted by Gasteiger charge is -2.33. The summed E-state index contributed by atoms with van der Waals surface area (Å²) in [5.41, 5.74) is 2.79. The zero-order valence-corrected chi connectivity index (χ0v) is 21.4. The Labute approximate surface area is 220 Å². The first-order valence-corrected chi connectivity index (χ1v) is 12.7. The van der Waals surface area contributed by atoms with E-state index in [0.29, 0.717) is 22.7 Å². The van der Waals surface area contributed by atoms with Crippen LogP contribution in [0.2, 0.25) is 0 Å². The fraction of sp³-hybridized carbons (Fsp3) is 0.321. The average Bonchev–Trinajstić information content (AvgIpc) is 3.67. The van der Waals surface area contributed by atoms with Crippen molar-refractivity contribution >= 4 is 17.5 Å². The van der Waals surface area contributed by atoms with Gasteiger partial charge in [-0.1, -0.05) is 49.1 Å². The molecule has 2 amide bonds. The van der Waals surface area contributed by atoms with Gasteiger partial charge in [0.15, 0.2) is 5.76 Å². The van der Waals surface area contributed by atoms with Crippen LogP contribution < -0.4 is 15.0 Å². The number of hydrogen-bond acceptors (Lipinski definition) is 7. The molecule has 38 heavy (non-hydrogen) atoms. The number of tetrazole rings is 1. The molecular formula is C28H30N6O4. The van der Waals surface area contributed by atoms with Gasteiger partial charge in [-0.3, -0.25) is 14.5 Å². The van der Waals surface area contributed by atoms with Crippen molar-refractivity contribution in [3.8, 4) is 11.4 Å². The van der Waals surface area contributed by atoms with E-state index in [1.165, 1.54) is 35.7 Å². The third kappa shape index (κ3) is 5.29. The number of aryl methyl sites for hydroxylation is 1. The van der Waals surface area contributed by atoms with Crippen LogP contribution in [0.15, 0.2) is 71.6 Å². The topological polar surface area (TPSA) is 115 Å². The van der Waals surface area contributed by atoms with Gasteiger partial charge in [0.1, 0.15) is 23.8 Å². The predicted octanol–water partition coefficient (Wildman–Crippen LogP) is 4.41. The minimum Gasteiger partial charge on any atom is -0.494 e. The van der Waals surface area contributed by atoms with E-state index >= 15 is 0 Å². The highest BCUT2D eigenvalue weighted by Crippen LogP contribution is 2.35. The monoisotopic (exact) mass is 514 g/mol. The number of methoxy groups -OCH3 is 1. The number of nitrogens with one attached hydrogen (secondary N) is 1. The standard InChI is InChI=1S/C28H30N6O4/c1-19-10-12-20(13-11-19)26(27(35)30-21-7-4-3-5-8-21)34(28(36)24-9-6-16-38-24)22-14-15-23(25(17-22)37-2)33-18-29-31-32-33/h6,9-18,21,26H,3-5,7-8H2,1-2H3,(H,30,35). The molecule has 1 saturated carbocycles. The minimum atomic E-state index is -0.946. The zero-order chi connectivity index (χ0) is 26.5. The van der Waals surface area contributed by atoms with E-state index in [-0.39, 0.29) is 17.7 Å². The molecule has 10 nitrogen and oxygen atoms in total. The van der Waals surface area contributed by atoms with E-state index in [0.717, 1.165) is 31.2 Å². The van der Waals surface area contributed by atoms with Crippen LogP contribution in [-0.2, 0) is 4.79 Å². The number of nitrogens with zero attached hydrogens (tertiary/aromatic N) is 5. The first-order valence-electron chi connectivity index (χ1n) is 12.7. The zero-order valence-electron chi connectivity index (χ0n) is 21.4. The average molecular weight is 515 g/mol. The molecule has 4 aromatic rings. The fourth-order valence-electron chi connectivity index (χ4n) is 4.87. The smallest absolute Gasteiger partial charge is 0.294 e. The van der Waals surface area contributed by atoms with Crippen LogP contribution in [0, 0.1) is 6.92 Å². The maximum Gasteiger partial charge on any atom is 0.294 e. The number of amides is 2. The first-order chi connectivity index (χ1) is 18.5. The summed E-state index contributed by atoms with van der Waals surface area (Å²) < 4.78 is 12.6. The molecule has 1 atom stereocenters. The number of ether oxygens (including phenoxy) is 1. The van der Waals surface area contributed by atoms with Crippen molar-refractivity contribution in [3.63, 3.8) is 0 Å². The van der Waals surface area contributed by atoms with Crippen LogP contribution in [0.4, 0.5) is 5.69 Å². The number of anilines is 1. The van der Waals surface area contributed by atoms with Gasteiger partial charge < -0.3 is 14.5 Å². The van der Waals surface area contributed by atoms with Crippen molar-refractivity contribution in [2.75, 3.05) is 12.0 Å². The largest absolute Gasteiger partial charge is 0.494 e. The highest BCUT2D eigenvalue weighted by Gasteiger charge is 2.36. The molecule has 2 aromatic heterocycles. The second-order valence-corrected chi connectivity index (χ2v) is 9.42. The first kappa shape index (κ1) is 25.2. The van der Waals surface area contributed by atoms with Gasteiger partial charge in [-0.25, -0.2) is 0 Å². The van der Waals surface area contributed by atoms with E-state index in [1.54, 1.807) is 30.3 Å². The van der Waals surface area contributed by atoms with Gasteiger partial charge >= 0.3 is 0 Å². The van der Waals surface area contributed by atoms with E-state index in [9.17, 15) is 9.59 Å². The van der Waals surface area contributed by atoms with E-state index in [1.807, 2.05) is 31.2 Å². The lowest BCUT2D eigenvalue weighted by Crippen LogP contribution is -2.47. The number of benzene rings is 2. The summed E-state index contributed by atoms with van der Waals surface area (Å²) in [5.74, 6) is -0.140. The number of furan rings is 1. The van der Waals surface area contributed by atoms with Crippen LogP contribution in [0.1, 0.15) is 59.8 Å². The van der Waals surface area contributed by atoms with Gasteiger partial charge in [0, 0.05) is 17.8 Å². The summed E-state index contributed by atoms with van der Waals surface area (Å²) in [5, 5.41) is 14.6. The Bertz CT molecular complexity index is 1360. The number of carbonyl (C=O) groups is 2. The van der Waals surface area contributed by atoms with Gasteiger partial charge in [-0.2, -0.15) is 4.68 Å². The van der Waals surface area contributed by atoms with E-state index < -0.39 is 11.9 Å². The predicted molar refractivity (Wildman–Crippen MR) is 140 cm³/mol. The second-order valence-electron chi connectivity index (χ2n) is 9.42. The molecule has 1 fully saturated rings. The van der Waals surface area contributed by atoms with Crippen molar-refractivity contribution in [1.82, 2.24) is 25.5 Å². The number of rotatable bonds is 8. The number of aromatic nitrogens is 4. The van der Waals surface area contributed by atoms with Gasteiger partial charge in [0.2, 0.25) is 5.91 Å². The van der Waals surface area contributed by atoms with Crippen molar-refractivity contribution in [1.29, 1.82) is 0 Å². The van der Waals surface area contributed by atoms with Crippen molar-refractivity contribution in [3.05, 3.63) is 84.1 Å². The summed E-state index contributed by atoms with van der Waals surface area (Å²) in [6, 6.07) is 15.2.